The Balaban J connectivity index is 1.85. The maximum absolute atomic E-state index is 12.8. The predicted octanol–water partition coefficient (Wildman–Crippen LogP) is 3.79. The van der Waals surface area contributed by atoms with Crippen molar-refractivity contribution in [1.29, 1.82) is 0 Å². The van der Waals surface area contributed by atoms with Crippen molar-refractivity contribution in [2.45, 2.75) is 18.8 Å². The van der Waals surface area contributed by atoms with Gasteiger partial charge in [-0.1, -0.05) is 12.1 Å². The van der Waals surface area contributed by atoms with Gasteiger partial charge in [-0.2, -0.15) is 0 Å². The molecule has 0 amide bonds. The molecule has 3 nitrogen and oxygen atoms in total. The normalized spacial score (nSPS) is 12.0. The van der Waals surface area contributed by atoms with E-state index in [0.717, 1.165) is 12.8 Å². The number of rotatable bonds is 8. The summed E-state index contributed by atoms with van der Waals surface area (Å²) in [4.78, 5) is 2.09. The highest BCUT2D eigenvalue weighted by Crippen LogP contribution is 2.24. The molecular weight excluding hydrogens is 291 g/mol. The van der Waals surface area contributed by atoms with Crippen LogP contribution in [0.5, 0.6) is 5.75 Å². The third kappa shape index (κ3) is 5.25. The largest absolute Gasteiger partial charge is 0.494 e. The van der Waals surface area contributed by atoms with Crippen LogP contribution in [0.4, 0.5) is 10.1 Å². The quantitative estimate of drug-likeness (QED) is 0.753. The summed E-state index contributed by atoms with van der Waals surface area (Å²) in [5.41, 5.74) is 8.39. The maximum atomic E-state index is 12.8. The van der Waals surface area contributed by atoms with Gasteiger partial charge in [0.25, 0.3) is 0 Å². The fourth-order valence-corrected chi connectivity index (χ4v) is 2.53. The molecule has 2 aromatic carbocycles. The summed E-state index contributed by atoms with van der Waals surface area (Å²) < 4.78 is 18.5. The molecule has 1 atom stereocenters. The molecule has 0 spiro atoms. The third-order valence-electron chi connectivity index (χ3n) is 3.92. The second-order valence-corrected chi connectivity index (χ2v) is 5.87. The van der Waals surface area contributed by atoms with Crippen molar-refractivity contribution in [2.75, 3.05) is 32.1 Å². The molecule has 0 aliphatic carbocycles. The van der Waals surface area contributed by atoms with E-state index in [1.807, 2.05) is 14.1 Å². The Bertz CT molecular complexity index is 599. The summed E-state index contributed by atoms with van der Waals surface area (Å²) in [5.74, 6) is 0.776. The number of benzene rings is 2. The fourth-order valence-electron chi connectivity index (χ4n) is 2.53. The second-order valence-electron chi connectivity index (χ2n) is 5.87. The van der Waals surface area contributed by atoms with Crippen LogP contribution >= 0.6 is 0 Å². The standard InChI is InChI=1S/C19H25FN2O/c1-22(2)18-7-3-5-15(13-18)16(14-21)6-4-12-23-19-10-8-17(20)9-11-19/h3,5,7-11,13,16H,4,6,12,14,21H2,1-2H3. The van der Waals surface area contributed by atoms with Crippen molar-refractivity contribution in [2.24, 2.45) is 5.73 Å². The molecule has 0 aliphatic heterocycles. The predicted molar refractivity (Wildman–Crippen MR) is 93.7 cm³/mol. The van der Waals surface area contributed by atoms with Gasteiger partial charge in [0.1, 0.15) is 11.6 Å². The molecule has 0 fully saturated rings. The van der Waals surface area contributed by atoms with E-state index in [0.29, 0.717) is 24.8 Å². The van der Waals surface area contributed by atoms with E-state index in [9.17, 15) is 4.39 Å². The van der Waals surface area contributed by atoms with Crippen LogP contribution in [-0.4, -0.2) is 27.2 Å². The Labute approximate surface area is 137 Å². The number of halogens is 1. The molecular formula is C19H25FN2O. The van der Waals surface area contributed by atoms with Gasteiger partial charge < -0.3 is 15.4 Å². The van der Waals surface area contributed by atoms with Crippen LogP contribution < -0.4 is 15.4 Å². The van der Waals surface area contributed by atoms with E-state index in [2.05, 4.69) is 29.2 Å². The van der Waals surface area contributed by atoms with Crippen molar-refractivity contribution in [3.63, 3.8) is 0 Å². The highest BCUT2D eigenvalue weighted by molar-refractivity contribution is 5.48. The molecule has 2 rings (SSSR count). The molecule has 0 saturated heterocycles. The first-order valence-corrected chi connectivity index (χ1v) is 7.96. The van der Waals surface area contributed by atoms with Gasteiger partial charge in [0.15, 0.2) is 0 Å². The minimum Gasteiger partial charge on any atom is -0.494 e. The van der Waals surface area contributed by atoms with E-state index < -0.39 is 0 Å². The van der Waals surface area contributed by atoms with Crippen molar-refractivity contribution < 1.29 is 9.13 Å². The first-order valence-electron chi connectivity index (χ1n) is 7.96. The number of anilines is 1. The van der Waals surface area contributed by atoms with E-state index in [4.69, 9.17) is 10.5 Å². The zero-order chi connectivity index (χ0) is 16.7. The number of ether oxygens (including phenoxy) is 1. The molecule has 2 aromatic rings. The molecule has 124 valence electrons. The van der Waals surface area contributed by atoms with Crippen LogP contribution in [0.25, 0.3) is 0 Å². The summed E-state index contributed by atoms with van der Waals surface area (Å²) in [7, 11) is 4.07. The third-order valence-corrected chi connectivity index (χ3v) is 3.92. The smallest absolute Gasteiger partial charge is 0.123 e. The van der Waals surface area contributed by atoms with Gasteiger partial charge in [-0.25, -0.2) is 4.39 Å². The van der Waals surface area contributed by atoms with Crippen LogP contribution in [0, 0.1) is 5.82 Å². The summed E-state index contributed by atoms with van der Waals surface area (Å²) in [5, 5.41) is 0. The summed E-state index contributed by atoms with van der Waals surface area (Å²) >= 11 is 0. The van der Waals surface area contributed by atoms with Gasteiger partial charge in [-0.15, -0.1) is 0 Å². The molecule has 0 saturated carbocycles. The average molecular weight is 316 g/mol. The first kappa shape index (κ1) is 17.3. The molecule has 0 aromatic heterocycles. The first-order chi connectivity index (χ1) is 11.1. The maximum Gasteiger partial charge on any atom is 0.123 e. The number of nitrogens with two attached hydrogens (primary N) is 1. The Morgan fingerprint density at radius 1 is 1.13 bits per heavy atom. The zero-order valence-electron chi connectivity index (χ0n) is 13.8. The summed E-state index contributed by atoms with van der Waals surface area (Å²) in [6.07, 6.45) is 1.88. The van der Waals surface area contributed by atoms with Crippen LogP contribution in [-0.2, 0) is 0 Å². The van der Waals surface area contributed by atoms with E-state index in [1.165, 1.54) is 23.4 Å². The summed E-state index contributed by atoms with van der Waals surface area (Å²) in [6.45, 7) is 1.23. The van der Waals surface area contributed by atoms with Crippen molar-refractivity contribution in [3.8, 4) is 5.75 Å². The minimum absolute atomic E-state index is 0.249. The zero-order valence-corrected chi connectivity index (χ0v) is 13.8. The highest BCUT2D eigenvalue weighted by atomic mass is 19.1. The SMILES string of the molecule is CN(C)c1cccc(C(CN)CCCOc2ccc(F)cc2)c1. The van der Waals surface area contributed by atoms with Crippen LogP contribution in [0.2, 0.25) is 0 Å². The van der Waals surface area contributed by atoms with Gasteiger partial charge in [-0.05, 0) is 67.3 Å². The second kappa shape index (κ2) is 8.53. The Morgan fingerprint density at radius 3 is 2.52 bits per heavy atom. The lowest BCUT2D eigenvalue weighted by atomic mass is 9.94. The monoisotopic (exact) mass is 316 g/mol. The number of hydrogen-bond acceptors (Lipinski definition) is 3. The molecule has 0 aliphatic rings. The van der Waals surface area contributed by atoms with Crippen LogP contribution in [0.3, 0.4) is 0 Å². The molecule has 2 N–H and O–H groups in total. The Kier molecular flexibility index (Phi) is 6.41. The molecule has 4 heteroatoms. The number of hydrogen-bond donors (Lipinski definition) is 1. The molecule has 0 radical (unpaired) electrons. The molecule has 0 heterocycles. The van der Waals surface area contributed by atoms with E-state index in [-0.39, 0.29) is 5.82 Å². The average Bonchev–Trinajstić information content (AvgIpc) is 2.56. The lowest BCUT2D eigenvalue weighted by Crippen LogP contribution is -2.15. The summed E-state index contributed by atoms with van der Waals surface area (Å²) in [6, 6.07) is 14.6. The van der Waals surface area contributed by atoms with Gasteiger partial charge >= 0.3 is 0 Å². The highest BCUT2D eigenvalue weighted by Gasteiger charge is 2.10. The minimum atomic E-state index is -0.249. The van der Waals surface area contributed by atoms with Crippen molar-refractivity contribution in [1.82, 2.24) is 0 Å². The fraction of sp³-hybridized carbons (Fsp3) is 0.368. The van der Waals surface area contributed by atoms with Crippen molar-refractivity contribution >= 4 is 5.69 Å². The Hall–Kier alpha value is -2.07. The van der Waals surface area contributed by atoms with E-state index >= 15 is 0 Å². The molecule has 1 unspecified atom stereocenters. The topological polar surface area (TPSA) is 38.5 Å². The van der Waals surface area contributed by atoms with Gasteiger partial charge in [0, 0.05) is 19.8 Å². The van der Waals surface area contributed by atoms with Gasteiger partial charge in [-0.3, -0.25) is 0 Å². The Morgan fingerprint density at radius 2 is 1.87 bits per heavy atom. The van der Waals surface area contributed by atoms with E-state index in [1.54, 1.807) is 12.1 Å². The number of nitrogens with zero attached hydrogens (tertiary/aromatic N) is 1. The lowest BCUT2D eigenvalue weighted by Gasteiger charge is -2.19. The molecule has 23 heavy (non-hydrogen) atoms. The lowest BCUT2D eigenvalue weighted by molar-refractivity contribution is 0.301. The van der Waals surface area contributed by atoms with Crippen LogP contribution in [0.1, 0.15) is 24.3 Å². The molecule has 0 bridgehead atoms. The van der Waals surface area contributed by atoms with Crippen LogP contribution in [0.15, 0.2) is 48.5 Å². The van der Waals surface area contributed by atoms with Gasteiger partial charge in [0.05, 0.1) is 6.61 Å². The van der Waals surface area contributed by atoms with Gasteiger partial charge in [0.2, 0.25) is 0 Å². The van der Waals surface area contributed by atoms with Crippen molar-refractivity contribution in [3.05, 3.63) is 59.9 Å².